The Bertz CT molecular complexity index is 902. The molecule has 0 rings (SSSR count). The van der Waals surface area contributed by atoms with Crippen molar-refractivity contribution in [3.8, 4) is 0 Å². The predicted octanol–water partition coefficient (Wildman–Crippen LogP) is 17.5. The Hall–Kier alpha value is -0.690. The summed E-state index contributed by atoms with van der Waals surface area (Å²) in [6.07, 6.45) is 63.6. The number of nitrogens with one attached hydrogen (secondary N) is 1. The Morgan fingerprint density at radius 1 is 0.323 bits per heavy atom. The quantitative estimate of drug-likeness (QED) is 0.0390. The minimum Gasteiger partial charge on any atom is -0.394 e. The summed E-state index contributed by atoms with van der Waals surface area (Å²) in [5, 5.41) is 43.8. The van der Waals surface area contributed by atoms with E-state index in [1.54, 1.807) is 0 Å². The first-order valence-corrected chi connectivity index (χ1v) is 29.9. The summed E-state index contributed by atoms with van der Waals surface area (Å²) in [6, 6.07) is -0.979. The van der Waals surface area contributed by atoms with E-state index < -0.39 is 36.9 Å². The van der Waals surface area contributed by atoms with Gasteiger partial charge in [-0.2, -0.15) is 0 Å². The molecule has 4 unspecified atom stereocenters. The van der Waals surface area contributed by atoms with Crippen LogP contribution in [0.1, 0.15) is 341 Å². The van der Waals surface area contributed by atoms with Crippen LogP contribution in [0.3, 0.4) is 0 Å². The highest BCUT2D eigenvalue weighted by Crippen LogP contribution is 2.19. The molecule has 5 N–H and O–H groups in total. The van der Waals surface area contributed by atoms with Crippen molar-refractivity contribution >= 4 is 5.91 Å². The molecule has 6 heteroatoms. The number of carbonyl (C=O) groups is 1. The highest BCUT2D eigenvalue weighted by molar-refractivity contribution is 5.80. The number of unbranched alkanes of at least 4 members (excludes halogenated alkanes) is 47. The summed E-state index contributed by atoms with van der Waals surface area (Å²) in [4.78, 5) is 12.6. The normalized spacial score (nSPS) is 13.6. The SMILES string of the molecule is CCCCCCCCCCCCCCCCCCCCCCCCCCCCCCCCCCCCCCCCC(O)C(=O)NC(CO)C(O)C(O)CCCCCCCCCCCCC. The molecule has 6 nitrogen and oxygen atoms in total. The van der Waals surface area contributed by atoms with Crippen LogP contribution in [0, 0.1) is 0 Å². The van der Waals surface area contributed by atoms with E-state index in [1.165, 1.54) is 276 Å². The third-order valence-electron chi connectivity index (χ3n) is 14.6. The van der Waals surface area contributed by atoms with E-state index in [9.17, 15) is 25.2 Å². The van der Waals surface area contributed by atoms with E-state index in [0.717, 1.165) is 38.5 Å². The molecule has 0 aliphatic carbocycles. The van der Waals surface area contributed by atoms with Gasteiger partial charge in [-0.05, 0) is 12.8 Å². The maximum absolute atomic E-state index is 12.6. The monoisotopic (exact) mass is 922 g/mol. The first kappa shape index (κ1) is 64.3. The van der Waals surface area contributed by atoms with Gasteiger partial charge in [0.1, 0.15) is 12.2 Å². The first-order valence-electron chi connectivity index (χ1n) is 29.9. The van der Waals surface area contributed by atoms with Gasteiger partial charge in [-0.3, -0.25) is 4.79 Å². The van der Waals surface area contributed by atoms with Crippen molar-refractivity contribution in [3.63, 3.8) is 0 Å². The van der Waals surface area contributed by atoms with Gasteiger partial charge >= 0.3 is 0 Å². The molecule has 0 aromatic rings. The second-order valence-electron chi connectivity index (χ2n) is 21.1. The topological polar surface area (TPSA) is 110 Å². The van der Waals surface area contributed by atoms with E-state index in [0.29, 0.717) is 12.8 Å². The van der Waals surface area contributed by atoms with E-state index in [2.05, 4.69) is 19.2 Å². The van der Waals surface area contributed by atoms with Crippen LogP contribution in [-0.2, 0) is 4.79 Å². The zero-order valence-corrected chi connectivity index (χ0v) is 44.3. The third-order valence-corrected chi connectivity index (χ3v) is 14.6. The minimum absolute atomic E-state index is 0.376. The summed E-state index contributed by atoms with van der Waals surface area (Å²) in [6.45, 7) is 4.07. The van der Waals surface area contributed by atoms with Gasteiger partial charge in [-0.15, -0.1) is 0 Å². The molecule has 0 fully saturated rings. The molecule has 0 spiro atoms. The van der Waals surface area contributed by atoms with Gasteiger partial charge in [0, 0.05) is 0 Å². The van der Waals surface area contributed by atoms with E-state index in [4.69, 9.17) is 0 Å². The van der Waals surface area contributed by atoms with Crippen LogP contribution >= 0.6 is 0 Å². The Kier molecular flexibility index (Phi) is 53.7. The van der Waals surface area contributed by atoms with Gasteiger partial charge in [0.25, 0.3) is 0 Å². The highest BCUT2D eigenvalue weighted by atomic mass is 16.3. The molecular formula is C59H119NO5. The second-order valence-corrected chi connectivity index (χ2v) is 21.1. The predicted molar refractivity (Wildman–Crippen MR) is 284 cm³/mol. The first-order chi connectivity index (χ1) is 32.0. The smallest absolute Gasteiger partial charge is 0.249 e. The summed E-state index contributed by atoms with van der Waals surface area (Å²) in [7, 11) is 0. The molecule has 0 aromatic heterocycles. The number of aliphatic hydroxyl groups excluding tert-OH is 4. The molecule has 0 aromatic carbocycles. The van der Waals surface area contributed by atoms with Crippen LogP contribution in [0.4, 0.5) is 0 Å². The lowest BCUT2D eigenvalue weighted by Crippen LogP contribution is -2.53. The molecular weight excluding hydrogens is 803 g/mol. The third kappa shape index (κ3) is 48.1. The summed E-state index contributed by atoms with van der Waals surface area (Å²) < 4.78 is 0. The maximum atomic E-state index is 12.6. The Labute approximate surface area is 407 Å². The zero-order valence-electron chi connectivity index (χ0n) is 44.3. The number of aliphatic hydroxyl groups is 4. The summed E-state index contributed by atoms with van der Waals surface area (Å²) in [5.41, 5.74) is 0. The van der Waals surface area contributed by atoms with Crippen LogP contribution < -0.4 is 5.32 Å². The number of amides is 1. The van der Waals surface area contributed by atoms with Crippen molar-refractivity contribution < 1.29 is 25.2 Å². The Balaban J connectivity index is 3.43. The molecule has 0 bridgehead atoms. The van der Waals surface area contributed by atoms with Crippen LogP contribution in [0.2, 0.25) is 0 Å². The van der Waals surface area contributed by atoms with Crippen molar-refractivity contribution in [2.24, 2.45) is 0 Å². The molecule has 4 atom stereocenters. The summed E-state index contributed by atoms with van der Waals surface area (Å²) in [5.74, 6) is -0.577. The van der Waals surface area contributed by atoms with Crippen molar-refractivity contribution in [2.45, 2.75) is 366 Å². The van der Waals surface area contributed by atoms with Crippen molar-refractivity contribution in [3.05, 3.63) is 0 Å². The highest BCUT2D eigenvalue weighted by Gasteiger charge is 2.28. The van der Waals surface area contributed by atoms with E-state index >= 15 is 0 Å². The number of hydrogen-bond acceptors (Lipinski definition) is 5. The van der Waals surface area contributed by atoms with Gasteiger partial charge in [0.05, 0.1) is 18.8 Å². The molecule has 390 valence electrons. The minimum atomic E-state index is -1.25. The molecule has 0 saturated heterocycles. The molecule has 0 aliphatic heterocycles. The van der Waals surface area contributed by atoms with Crippen molar-refractivity contribution in [1.82, 2.24) is 5.32 Å². The lowest BCUT2D eigenvalue weighted by molar-refractivity contribution is -0.132. The maximum Gasteiger partial charge on any atom is 0.249 e. The van der Waals surface area contributed by atoms with Gasteiger partial charge in [0.15, 0.2) is 0 Å². The molecule has 1 amide bonds. The zero-order chi connectivity index (χ0) is 47.4. The van der Waals surface area contributed by atoms with Gasteiger partial charge in [-0.25, -0.2) is 0 Å². The van der Waals surface area contributed by atoms with Crippen LogP contribution in [0.25, 0.3) is 0 Å². The fourth-order valence-electron chi connectivity index (χ4n) is 9.88. The van der Waals surface area contributed by atoms with Gasteiger partial charge < -0.3 is 25.7 Å². The largest absolute Gasteiger partial charge is 0.394 e. The second kappa shape index (κ2) is 54.3. The fourth-order valence-corrected chi connectivity index (χ4v) is 9.88. The van der Waals surface area contributed by atoms with Crippen molar-refractivity contribution in [1.29, 1.82) is 0 Å². The number of carbonyl (C=O) groups excluding carboxylic acids is 1. The lowest BCUT2D eigenvalue weighted by Gasteiger charge is -2.27. The van der Waals surface area contributed by atoms with Crippen LogP contribution in [-0.4, -0.2) is 57.3 Å². The number of hydrogen-bond donors (Lipinski definition) is 5. The van der Waals surface area contributed by atoms with Crippen LogP contribution in [0.15, 0.2) is 0 Å². The van der Waals surface area contributed by atoms with Crippen molar-refractivity contribution in [2.75, 3.05) is 6.61 Å². The standard InChI is InChI=1S/C59H119NO5/c1-3-5-7-9-11-13-15-16-17-18-19-20-21-22-23-24-25-26-27-28-29-30-31-32-33-34-35-36-37-38-39-40-41-43-45-47-49-51-53-57(63)59(65)60-55(54-61)58(64)56(62)52-50-48-46-44-42-14-12-10-8-6-4-2/h55-58,61-64H,3-54H2,1-2H3,(H,60,65). The Morgan fingerprint density at radius 3 is 0.738 bits per heavy atom. The molecule has 0 aliphatic rings. The molecule has 65 heavy (non-hydrogen) atoms. The molecule has 0 heterocycles. The number of rotatable bonds is 56. The average molecular weight is 923 g/mol. The van der Waals surface area contributed by atoms with Gasteiger partial charge in [0.2, 0.25) is 5.91 Å². The van der Waals surface area contributed by atoms with E-state index in [-0.39, 0.29) is 0 Å². The lowest BCUT2D eigenvalue weighted by atomic mass is 9.99. The fraction of sp³-hybridized carbons (Fsp3) is 0.983. The van der Waals surface area contributed by atoms with Gasteiger partial charge in [-0.1, -0.05) is 328 Å². The average Bonchev–Trinajstić information content (AvgIpc) is 3.31. The Morgan fingerprint density at radius 2 is 0.523 bits per heavy atom. The van der Waals surface area contributed by atoms with E-state index in [1.807, 2.05) is 0 Å². The van der Waals surface area contributed by atoms with Crippen LogP contribution in [0.5, 0.6) is 0 Å². The summed E-state index contributed by atoms with van der Waals surface area (Å²) >= 11 is 0. The molecule has 0 radical (unpaired) electrons. The molecule has 0 saturated carbocycles.